The molecule has 0 spiro atoms. The smallest absolute Gasteiger partial charge is 0.137 e. The summed E-state index contributed by atoms with van der Waals surface area (Å²) in [6.07, 6.45) is 4.54. The molecule has 0 fully saturated rings. The minimum atomic E-state index is 0.525. The molecule has 0 radical (unpaired) electrons. The van der Waals surface area contributed by atoms with E-state index in [1.165, 1.54) is 0 Å². The number of nitrogens with zero attached hydrogens (tertiary/aromatic N) is 4. The lowest BCUT2D eigenvalue weighted by Gasteiger charge is -2.19. The number of pyridine rings is 1. The van der Waals surface area contributed by atoms with E-state index < -0.39 is 0 Å². The number of ether oxygens (including phenoxy) is 1. The van der Waals surface area contributed by atoms with Crippen LogP contribution in [0.5, 0.6) is 0 Å². The average molecular weight is 258 g/mol. The first-order chi connectivity index (χ1) is 9.33. The molecule has 0 aromatic carbocycles. The first-order valence-corrected chi connectivity index (χ1v) is 6.34. The van der Waals surface area contributed by atoms with Gasteiger partial charge in [0.1, 0.15) is 5.65 Å². The van der Waals surface area contributed by atoms with E-state index in [0.29, 0.717) is 13.0 Å². The molecular formula is C14H18N4O. The fourth-order valence-electron chi connectivity index (χ4n) is 1.99. The quantitative estimate of drug-likeness (QED) is 0.758. The second-order valence-electron chi connectivity index (χ2n) is 4.38. The van der Waals surface area contributed by atoms with Crippen molar-refractivity contribution in [3.8, 4) is 6.07 Å². The van der Waals surface area contributed by atoms with Gasteiger partial charge in [0.15, 0.2) is 0 Å². The van der Waals surface area contributed by atoms with E-state index in [0.717, 1.165) is 31.0 Å². The molecule has 0 aliphatic heterocycles. The van der Waals surface area contributed by atoms with Crippen LogP contribution in [-0.2, 0) is 11.3 Å². The third kappa shape index (κ3) is 3.78. The Morgan fingerprint density at radius 2 is 2.32 bits per heavy atom. The SMILES string of the molecule is COCCN(CCC#N)Cc1cn2ccccc2n1. The third-order valence-corrected chi connectivity index (χ3v) is 2.95. The van der Waals surface area contributed by atoms with E-state index in [9.17, 15) is 0 Å². The average Bonchev–Trinajstić information content (AvgIpc) is 2.84. The topological polar surface area (TPSA) is 53.6 Å². The number of methoxy groups -OCH3 is 1. The molecule has 0 bridgehead atoms. The molecule has 0 aliphatic rings. The van der Waals surface area contributed by atoms with Crippen LogP contribution in [0.2, 0.25) is 0 Å². The minimum absolute atomic E-state index is 0.525. The van der Waals surface area contributed by atoms with Crippen LogP contribution in [0.15, 0.2) is 30.6 Å². The molecular weight excluding hydrogens is 240 g/mol. The van der Waals surface area contributed by atoms with Crippen molar-refractivity contribution in [3.05, 3.63) is 36.3 Å². The first-order valence-electron chi connectivity index (χ1n) is 6.34. The molecule has 0 amide bonds. The summed E-state index contributed by atoms with van der Waals surface area (Å²) < 4.78 is 7.11. The summed E-state index contributed by atoms with van der Waals surface area (Å²) in [4.78, 5) is 6.76. The van der Waals surface area contributed by atoms with Crippen molar-refractivity contribution in [2.24, 2.45) is 0 Å². The summed E-state index contributed by atoms with van der Waals surface area (Å²) in [5, 5.41) is 8.69. The Hall–Kier alpha value is -1.90. The molecule has 19 heavy (non-hydrogen) atoms. The number of rotatable bonds is 7. The van der Waals surface area contributed by atoms with E-state index in [2.05, 4.69) is 16.0 Å². The molecule has 0 atom stereocenters. The molecule has 0 aliphatic carbocycles. The van der Waals surface area contributed by atoms with Crippen molar-refractivity contribution >= 4 is 5.65 Å². The Morgan fingerprint density at radius 3 is 3.05 bits per heavy atom. The zero-order valence-corrected chi connectivity index (χ0v) is 11.1. The molecule has 0 unspecified atom stereocenters. The number of fused-ring (bicyclic) bond motifs is 1. The van der Waals surface area contributed by atoms with Crippen molar-refractivity contribution in [2.75, 3.05) is 26.8 Å². The number of nitriles is 1. The van der Waals surface area contributed by atoms with Crippen molar-refractivity contribution in [1.29, 1.82) is 5.26 Å². The Labute approximate surface area is 113 Å². The second kappa shape index (κ2) is 6.88. The highest BCUT2D eigenvalue weighted by Crippen LogP contribution is 2.07. The number of imidazole rings is 1. The molecule has 0 saturated carbocycles. The third-order valence-electron chi connectivity index (χ3n) is 2.95. The molecule has 5 heteroatoms. The highest BCUT2D eigenvalue weighted by atomic mass is 16.5. The summed E-state index contributed by atoms with van der Waals surface area (Å²) in [6.45, 7) is 2.96. The predicted molar refractivity (Wildman–Crippen MR) is 72.6 cm³/mol. The van der Waals surface area contributed by atoms with Gasteiger partial charge in [0.25, 0.3) is 0 Å². The highest BCUT2D eigenvalue weighted by Gasteiger charge is 2.08. The van der Waals surface area contributed by atoms with Gasteiger partial charge in [-0.3, -0.25) is 4.90 Å². The first kappa shape index (κ1) is 13.5. The second-order valence-corrected chi connectivity index (χ2v) is 4.38. The standard InChI is InChI=1S/C14H18N4O/c1-19-10-9-17(7-4-6-15)11-13-12-18-8-3-2-5-14(18)16-13/h2-3,5,8,12H,4,7,9-11H2,1H3. The van der Waals surface area contributed by atoms with Gasteiger partial charge in [-0.2, -0.15) is 5.26 Å². The summed E-state index contributed by atoms with van der Waals surface area (Å²) in [6, 6.07) is 8.12. The lowest BCUT2D eigenvalue weighted by atomic mass is 10.3. The van der Waals surface area contributed by atoms with Crippen LogP contribution in [0.4, 0.5) is 0 Å². The van der Waals surface area contributed by atoms with Crippen molar-refractivity contribution in [3.63, 3.8) is 0 Å². The van der Waals surface area contributed by atoms with Crippen LogP contribution in [0.3, 0.4) is 0 Å². The Kier molecular flexibility index (Phi) is 4.90. The number of hydrogen-bond acceptors (Lipinski definition) is 4. The molecule has 0 N–H and O–H groups in total. The largest absolute Gasteiger partial charge is 0.383 e. The van der Waals surface area contributed by atoms with Gasteiger partial charge in [-0.1, -0.05) is 6.07 Å². The van der Waals surface area contributed by atoms with Gasteiger partial charge < -0.3 is 9.14 Å². The van der Waals surface area contributed by atoms with Gasteiger partial charge in [-0.15, -0.1) is 0 Å². The fourth-order valence-corrected chi connectivity index (χ4v) is 1.99. The van der Waals surface area contributed by atoms with Crippen LogP contribution >= 0.6 is 0 Å². The molecule has 2 aromatic heterocycles. The van der Waals surface area contributed by atoms with E-state index >= 15 is 0 Å². The lowest BCUT2D eigenvalue weighted by molar-refractivity contribution is 0.145. The highest BCUT2D eigenvalue weighted by molar-refractivity contribution is 5.39. The summed E-state index contributed by atoms with van der Waals surface area (Å²) >= 11 is 0. The number of aromatic nitrogens is 2. The van der Waals surface area contributed by atoms with Crippen LogP contribution in [0, 0.1) is 11.3 Å². The maximum atomic E-state index is 8.69. The zero-order chi connectivity index (χ0) is 13.5. The van der Waals surface area contributed by atoms with Crippen LogP contribution in [-0.4, -0.2) is 41.1 Å². The van der Waals surface area contributed by atoms with Gasteiger partial charge in [-0.25, -0.2) is 4.98 Å². The normalized spacial score (nSPS) is 11.0. The van der Waals surface area contributed by atoms with Crippen molar-refractivity contribution < 1.29 is 4.74 Å². The molecule has 2 rings (SSSR count). The Balaban J connectivity index is 2.04. The van der Waals surface area contributed by atoms with Gasteiger partial charge >= 0.3 is 0 Å². The molecule has 0 saturated heterocycles. The zero-order valence-electron chi connectivity index (χ0n) is 11.1. The maximum absolute atomic E-state index is 8.69. The lowest BCUT2D eigenvalue weighted by Crippen LogP contribution is -2.28. The summed E-state index contributed by atoms with van der Waals surface area (Å²) in [5.74, 6) is 0. The molecule has 2 heterocycles. The molecule has 5 nitrogen and oxygen atoms in total. The Morgan fingerprint density at radius 1 is 1.42 bits per heavy atom. The van der Waals surface area contributed by atoms with E-state index in [4.69, 9.17) is 10.00 Å². The van der Waals surface area contributed by atoms with Crippen molar-refractivity contribution in [1.82, 2.24) is 14.3 Å². The van der Waals surface area contributed by atoms with Gasteiger partial charge in [0.2, 0.25) is 0 Å². The van der Waals surface area contributed by atoms with Gasteiger partial charge in [-0.05, 0) is 12.1 Å². The van der Waals surface area contributed by atoms with Gasteiger partial charge in [0.05, 0.1) is 18.4 Å². The van der Waals surface area contributed by atoms with Crippen LogP contribution in [0.1, 0.15) is 12.1 Å². The van der Waals surface area contributed by atoms with Crippen LogP contribution in [0.25, 0.3) is 5.65 Å². The van der Waals surface area contributed by atoms with E-state index in [1.54, 1.807) is 7.11 Å². The number of hydrogen-bond donors (Lipinski definition) is 0. The van der Waals surface area contributed by atoms with Crippen molar-refractivity contribution in [2.45, 2.75) is 13.0 Å². The monoisotopic (exact) mass is 258 g/mol. The summed E-state index contributed by atoms with van der Waals surface area (Å²) in [5.41, 5.74) is 1.96. The molecule has 2 aromatic rings. The van der Waals surface area contributed by atoms with Gasteiger partial charge in [0, 0.05) is 45.6 Å². The fraction of sp³-hybridized carbons (Fsp3) is 0.429. The Bertz CT molecular complexity index is 525. The maximum Gasteiger partial charge on any atom is 0.137 e. The summed E-state index contributed by atoms with van der Waals surface area (Å²) in [7, 11) is 1.69. The predicted octanol–water partition coefficient (Wildman–Crippen LogP) is 1.70. The van der Waals surface area contributed by atoms with Crippen LogP contribution < -0.4 is 0 Å². The van der Waals surface area contributed by atoms with E-state index in [1.807, 2.05) is 35.0 Å². The van der Waals surface area contributed by atoms with E-state index in [-0.39, 0.29) is 0 Å². The molecule has 100 valence electrons. The minimum Gasteiger partial charge on any atom is -0.383 e.